The number of benzene rings is 2. The number of aromatic nitrogens is 1. The van der Waals surface area contributed by atoms with E-state index in [4.69, 9.17) is 4.74 Å². The lowest BCUT2D eigenvalue weighted by Gasteiger charge is -2.07. The fourth-order valence-electron chi connectivity index (χ4n) is 2.86. The minimum atomic E-state index is -0.532. The third-order valence-electron chi connectivity index (χ3n) is 4.14. The van der Waals surface area contributed by atoms with Gasteiger partial charge in [-0.1, -0.05) is 6.07 Å². The van der Waals surface area contributed by atoms with E-state index in [-0.39, 0.29) is 11.3 Å². The van der Waals surface area contributed by atoms with E-state index in [1.807, 2.05) is 49.7 Å². The number of hydrogen-bond donors (Lipinski definition) is 0. The van der Waals surface area contributed by atoms with Crippen LogP contribution in [-0.2, 0) is 7.05 Å². The van der Waals surface area contributed by atoms with E-state index in [1.165, 1.54) is 35.6 Å². The third-order valence-corrected chi connectivity index (χ3v) is 5.19. The van der Waals surface area contributed by atoms with E-state index in [0.29, 0.717) is 11.4 Å². The number of ether oxygens (including phenoxy) is 1. The summed E-state index contributed by atoms with van der Waals surface area (Å²) in [6.45, 7) is 4.50. The zero-order valence-corrected chi connectivity index (χ0v) is 16.5. The third kappa shape index (κ3) is 4.01. The van der Waals surface area contributed by atoms with Gasteiger partial charge in [-0.2, -0.15) is 4.99 Å². The number of aryl methyl sites for hydroxylation is 1. The second kappa shape index (κ2) is 8.18. The number of non-ortho nitro benzene ring substituents is 1. The van der Waals surface area contributed by atoms with Gasteiger partial charge in [0.25, 0.3) is 11.6 Å². The van der Waals surface area contributed by atoms with Crippen LogP contribution in [0.4, 0.5) is 5.69 Å². The lowest BCUT2D eigenvalue weighted by Crippen LogP contribution is -2.14. The summed E-state index contributed by atoms with van der Waals surface area (Å²) in [4.78, 5) is 28.6. The number of nitrogens with zero attached hydrogens (tertiary/aromatic N) is 3. The smallest absolute Gasteiger partial charge is 0.279 e. The summed E-state index contributed by atoms with van der Waals surface area (Å²) < 4.78 is 7.33. The molecule has 144 valence electrons. The number of rotatable bonds is 5. The lowest BCUT2D eigenvalue weighted by atomic mass is 10.1. The van der Waals surface area contributed by atoms with Crippen molar-refractivity contribution < 1.29 is 14.5 Å². The van der Waals surface area contributed by atoms with Gasteiger partial charge in [0, 0.05) is 29.6 Å². The number of nitro groups is 1. The Morgan fingerprint density at radius 2 is 1.96 bits per heavy atom. The number of thiazole rings is 1. The fraction of sp³-hybridized carbons (Fsp3) is 0.200. The van der Waals surface area contributed by atoms with E-state index in [2.05, 4.69) is 4.99 Å². The zero-order valence-electron chi connectivity index (χ0n) is 15.7. The quantitative estimate of drug-likeness (QED) is 0.479. The van der Waals surface area contributed by atoms with Crippen LogP contribution < -0.4 is 9.54 Å². The Bertz CT molecular complexity index is 1100. The molecule has 0 spiro atoms. The summed E-state index contributed by atoms with van der Waals surface area (Å²) in [6, 6.07) is 13.3. The van der Waals surface area contributed by atoms with Crippen molar-refractivity contribution in [1.82, 2.24) is 4.57 Å². The molecule has 0 bridgehead atoms. The van der Waals surface area contributed by atoms with Gasteiger partial charge in [-0.15, -0.1) is 11.3 Å². The highest BCUT2D eigenvalue weighted by Gasteiger charge is 2.14. The fourth-order valence-corrected chi connectivity index (χ4v) is 3.84. The summed E-state index contributed by atoms with van der Waals surface area (Å²) in [6.07, 6.45) is 0. The zero-order chi connectivity index (χ0) is 20.3. The van der Waals surface area contributed by atoms with E-state index < -0.39 is 10.8 Å². The average molecular weight is 397 g/mol. The Balaban J connectivity index is 1.98. The minimum absolute atomic E-state index is 0.136. The van der Waals surface area contributed by atoms with Crippen molar-refractivity contribution in [2.24, 2.45) is 12.0 Å². The molecule has 1 amide bonds. The van der Waals surface area contributed by atoms with Crippen LogP contribution in [0.5, 0.6) is 5.75 Å². The molecule has 0 saturated heterocycles. The number of carbonyl (C=O) groups is 1. The monoisotopic (exact) mass is 397 g/mol. The van der Waals surface area contributed by atoms with E-state index in [1.54, 1.807) is 0 Å². The second-order valence-corrected chi connectivity index (χ2v) is 7.21. The Kier molecular flexibility index (Phi) is 5.70. The largest absolute Gasteiger partial charge is 0.494 e. The maximum absolute atomic E-state index is 12.5. The van der Waals surface area contributed by atoms with Crippen molar-refractivity contribution >= 4 is 22.9 Å². The molecule has 0 fully saturated rings. The molecule has 2 aromatic carbocycles. The number of amides is 1. The summed E-state index contributed by atoms with van der Waals surface area (Å²) in [7, 11) is 1.84. The van der Waals surface area contributed by atoms with Crippen LogP contribution in [0.3, 0.4) is 0 Å². The molecule has 0 N–H and O–H groups in total. The van der Waals surface area contributed by atoms with Crippen molar-refractivity contribution in [1.29, 1.82) is 0 Å². The van der Waals surface area contributed by atoms with Gasteiger partial charge in [-0.3, -0.25) is 14.9 Å². The molecule has 1 heterocycles. The van der Waals surface area contributed by atoms with Crippen molar-refractivity contribution in [2.75, 3.05) is 6.61 Å². The van der Waals surface area contributed by atoms with Crippen LogP contribution in [-0.4, -0.2) is 22.0 Å². The van der Waals surface area contributed by atoms with Crippen LogP contribution >= 0.6 is 11.3 Å². The molecular formula is C20H19N3O4S. The van der Waals surface area contributed by atoms with Crippen molar-refractivity contribution in [3.8, 4) is 17.0 Å². The summed E-state index contributed by atoms with van der Waals surface area (Å²) in [5.74, 6) is 0.284. The molecular weight excluding hydrogens is 378 g/mol. The number of nitro benzene ring substituents is 1. The standard InChI is InChI=1S/C20H19N3O4S/c1-4-27-17-10-8-14(9-11-17)18-13(2)28-20(22(18)3)21-19(24)15-6-5-7-16(12-15)23(25)26/h5-12H,4H2,1-3H3. The number of hydrogen-bond acceptors (Lipinski definition) is 5. The topological polar surface area (TPSA) is 86.7 Å². The summed E-state index contributed by atoms with van der Waals surface area (Å²) in [5.41, 5.74) is 1.99. The van der Waals surface area contributed by atoms with Crippen molar-refractivity contribution in [3.05, 3.63) is 73.9 Å². The Hall–Kier alpha value is -3.26. The normalized spacial score (nSPS) is 11.5. The molecule has 0 aliphatic carbocycles. The Morgan fingerprint density at radius 1 is 1.25 bits per heavy atom. The molecule has 3 aromatic rings. The molecule has 1 aromatic heterocycles. The Morgan fingerprint density at radius 3 is 2.61 bits per heavy atom. The average Bonchev–Trinajstić information content (AvgIpc) is 2.96. The Labute approximate surface area is 165 Å². The van der Waals surface area contributed by atoms with Gasteiger partial charge >= 0.3 is 0 Å². The van der Waals surface area contributed by atoms with Gasteiger partial charge < -0.3 is 9.30 Å². The maximum atomic E-state index is 12.5. The minimum Gasteiger partial charge on any atom is -0.494 e. The highest BCUT2D eigenvalue weighted by molar-refractivity contribution is 7.09. The predicted molar refractivity (Wildman–Crippen MR) is 108 cm³/mol. The van der Waals surface area contributed by atoms with Gasteiger partial charge in [-0.05, 0) is 49.7 Å². The highest BCUT2D eigenvalue weighted by Crippen LogP contribution is 2.26. The van der Waals surface area contributed by atoms with Gasteiger partial charge in [0.2, 0.25) is 0 Å². The van der Waals surface area contributed by atoms with Crippen LogP contribution in [0.1, 0.15) is 22.2 Å². The van der Waals surface area contributed by atoms with Crippen LogP contribution in [0.2, 0.25) is 0 Å². The van der Waals surface area contributed by atoms with Crippen molar-refractivity contribution in [3.63, 3.8) is 0 Å². The first-order chi connectivity index (χ1) is 13.4. The number of carbonyl (C=O) groups excluding carboxylic acids is 1. The molecule has 0 aliphatic rings. The highest BCUT2D eigenvalue weighted by atomic mass is 32.1. The molecule has 0 saturated carbocycles. The molecule has 0 unspecified atom stereocenters. The van der Waals surface area contributed by atoms with Gasteiger partial charge in [0.1, 0.15) is 5.75 Å². The second-order valence-electron chi connectivity index (χ2n) is 6.03. The molecule has 0 radical (unpaired) electrons. The molecule has 0 atom stereocenters. The molecule has 28 heavy (non-hydrogen) atoms. The van der Waals surface area contributed by atoms with E-state index in [0.717, 1.165) is 21.9 Å². The van der Waals surface area contributed by atoms with Gasteiger partial charge in [0.05, 0.1) is 17.2 Å². The van der Waals surface area contributed by atoms with Crippen LogP contribution in [0.15, 0.2) is 53.5 Å². The molecule has 3 rings (SSSR count). The SMILES string of the molecule is CCOc1ccc(-c2c(C)sc(=NC(=O)c3cccc([N+](=O)[O-])c3)n2C)cc1. The molecule has 8 heteroatoms. The van der Waals surface area contributed by atoms with Gasteiger partial charge in [0.15, 0.2) is 4.80 Å². The maximum Gasteiger partial charge on any atom is 0.279 e. The predicted octanol–water partition coefficient (Wildman–Crippen LogP) is 4.11. The van der Waals surface area contributed by atoms with Crippen LogP contribution in [0.25, 0.3) is 11.3 Å². The first-order valence-corrected chi connectivity index (χ1v) is 9.45. The molecule has 0 aliphatic heterocycles. The van der Waals surface area contributed by atoms with E-state index in [9.17, 15) is 14.9 Å². The molecule has 7 nitrogen and oxygen atoms in total. The first kappa shape index (κ1) is 19.5. The van der Waals surface area contributed by atoms with Crippen LogP contribution in [0, 0.1) is 17.0 Å². The van der Waals surface area contributed by atoms with Gasteiger partial charge in [-0.25, -0.2) is 0 Å². The van der Waals surface area contributed by atoms with Crippen molar-refractivity contribution in [2.45, 2.75) is 13.8 Å². The summed E-state index contributed by atoms with van der Waals surface area (Å²) >= 11 is 1.39. The van der Waals surface area contributed by atoms with E-state index >= 15 is 0 Å². The first-order valence-electron chi connectivity index (χ1n) is 8.64. The lowest BCUT2D eigenvalue weighted by molar-refractivity contribution is -0.384. The summed E-state index contributed by atoms with van der Waals surface area (Å²) in [5, 5.41) is 10.9.